The van der Waals surface area contributed by atoms with E-state index < -0.39 is 0 Å². The molecule has 2 aromatic heterocycles. The van der Waals surface area contributed by atoms with Crippen LogP contribution in [0.2, 0.25) is 0 Å². The van der Waals surface area contributed by atoms with Crippen LogP contribution >= 0.6 is 0 Å². The molecule has 126 valence electrons. The molecular formula is C18H23N5O. The molecular weight excluding hydrogens is 302 g/mol. The van der Waals surface area contributed by atoms with E-state index in [9.17, 15) is 4.79 Å². The third-order valence-electron chi connectivity index (χ3n) is 5.49. The molecule has 6 nitrogen and oxygen atoms in total. The summed E-state index contributed by atoms with van der Waals surface area (Å²) in [5, 5.41) is 10.8. The van der Waals surface area contributed by atoms with Gasteiger partial charge in [0.25, 0.3) is 0 Å². The average Bonchev–Trinajstić information content (AvgIpc) is 3.29. The van der Waals surface area contributed by atoms with Gasteiger partial charge in [-0.1, -0.05) is 12.8 Å². The van der Waals surface area contributed by atoms with Crippen molar-refractivity contribution in [3.63, 3.8) is 0 Å². The normalized spacial score (nSPS) is 26.1. The molecule has 1 aliphatic carbocycles. The summed E-state index contributed by atoms with van der Waals surface area (Å²) in [6.45, 7) is 2.33. The molecule has 4 rings (SSSR count). The third kappa shape index (κ3) is 2.71. The summed E-state index contributed by atoms with van der Waals surface area (Å²) in [7, 11) is 0. The van der Waals surface area contributed by atoms with Crippen LogP contribution in [0.5, 0.6) is 0 Å². The van der Waals surface area contributed by atoms with Crippen molar-refractivity contribution in [2.45, 2.75) is 32.2 Å². The molecule has 1 amide bonds. The summed E-state index contributed by atoms with van der Waals surface area (Å²) in [6.07, 6.45) is 9.93. The van der Waals surface area contributed by atoms with Crippen LogP contribution in [0.25, 0.3) is 5.82 Å². The first kappa shape index (κ1) is 15.3. The van der Waals surface area contributed by atoms with Crippen molar-refractivity contribution >= 4 is 5.91 Å². The van der Waals surface area contributed by atoms with Crippen LogP contribution in [-0.4, -0.2) is 33.8 Å². The Hall–Kier alpha value is -2.21. The van der Waals surface area contributed by atoms with E-state index in [1.54, 1.807) is 17.1 Å². The number of amides is 1. The highest BCUT2D eigenvalue weighted by Gasteiger charge is 2.49. The molecule has 1 saturated heterocycles. The van der Waals surface area contributed by atoms with E-state index in [2.05, 4.69) is 20.7 Å². The fraction of sp³-hybridized carbons (Fsp3) is 0.500. The molecule has 1 saturated carbocycles. The zero-order chi connectivity index (χ0) is 16.4. The van der Waals surface area contributed by atoms with Crippen molar-refractivity contribution < 1.29 is 4.79 Å². The zero-order valence-electron chi connectivity index (χ0n) is 13.7. The van der Waals surface area contributed by atoms with Crippen LogP contribution in [0.15, 0.2) is 36.8 Å². The molecule has 6 heteroatoms. The predicted molar refractivity (Wildman–Crippen MR) is 90.5 cm³/mol. The number of fused-ring (bicyclic) bond motifs is 1. The van der Waals surface area contributed by atoms with Gasteiger partial charge in [-0.3, -0.25) is 4.79 Å². The SMILES string of the molecule is O=C(NCc1ccnc(-n2cccn2)c1)[C@@]12CCCC[C@H]1CNC2. The maximum Gasteiger partial charge on any atom is 0.228 e. The van der Waals surface area contributed by atoms with E-state index in [-0.39, 0.29) is 11.3 Å². The van der Waals surface area contributed by atoms with E-state index in [1.807, 2.05) is 24.4 Å². The summed E-state index contributed by atoms with van der Waals surface area (Å²) in [6, 6.07) is 5.78. The van der Waals surface area contributed by atoms with Gasteiger partial charge in [-0.2, -0.15) is 5.10 Å². The van der Waals surface area contributed by atoms with Crippen LogP contribution in [0.1, 0.15) is 31.2 Å². The van der Waals surface area contributed by atoms with E-state index >= 15 is 0 Å². The summed E-state index contributed by atoms with van der Waals surface area (Å²) >= 11 is 0. The van der Waals surface area contributed by atoms with Crippen LogP contribution in [0.3, 0.4) is 0 Å². The van der Waals surface area contributed by atoms with Crippen molar-refractivity contribution in [2.75, 3.05) is 13.1 Å². The molecule has 2 atom stereocenters. The van der Waals surface area contributed by atoms with Crippen molar-refractivity contribution in [3.05, 3.63) is 42.4 Å². The highest BCUT2D eigenvalue weighted by molar-refractivity contribution is 5.83. The maximum absolute atomic E-state index is 12.9. The quantitative estimate of drug-likeness (QED) is 0.897. The molecule has 2 aliphatic rings. The Balaban J connectivity index is 1.45. The van der Waals surface area contributed by atoms with Gasteiger partial charge in [0.2, 0.25) is 5.91 Å². The largest absolute Gasteiger partial charge is 0.351 e. The lowest BCUT2D eigenvalue weighted by Gasteiger charge is -2.37. The number of carbonyl (C=O) groups is 1. The van der Waals surface area contributed by atoms with Gasteiger partial charge < -0.3 is 10.6 Å². The molecule has 0 unspecified atom stereocenters. The number of carbonyl (C=O) groups excluding carboxylic acids is 1. The van der Waals surface area contributed by atoms with E-state index in [0.29, 0.717) is 12.5 Å². The number of pyridine rings is 1. The van der Waals surface area contributed by atoms with Gasteiger partial charge in [0.05, 0.1) is 5.41 Å². The first-order chi connectivity index (χ1) is 11.8. The monoisotopic (exact) mass is 325 g/mol. The molecule has 2 fully saturated rings. The van der Waals surface area contributed by atoms with Gasteiger partial charge >= 0.3 is 0 Å². The maximum atomic E-state index is 12.9. The Bertz CT molecular complexity index is 714. The molecule has 0 radical (unpaired) electrons. The van der Waals surface area contributed by atoms with Crippen LogP contribution in [0, 0.1) is 11.3 Å². The van der Waals surface area contributed by atoms with Gasteiger partial charge in [0.1, 0.15) is 0 Å². The Kier molecular flexibility index (Phi) is 4.06. The Morgan fingerprint density at radius 2 is 2.38 bits per heavy atom. The second-order valence-corrected chi connectivity index (χ2v) is 6.89. The lowest BCUT2D eigenvalue weighted by atomic mass is 9.67. The number of hydrogen-bond acceptors (Lipinski definition) is 4. The molecule has 2 N–H and O–H groups in total. The highest BCUT2D eigenvalue weighted by Crippen LogP contribution is 2.43. The molecule has 3 heterocycles. The Labute approximate surface area is 141 Å². The third-order valence-corrected chi connectivity index (χ3v) is 5.49. The number of hydrogen-bond donors (Lipinski definition) is 2. The van der Waals surface area contributed by atoms with Crippen LogP contribution in [0.4, 0.5) is 0 Å². The Morgan fingerprint density at radius 1 is 1.42 bits per heavy atom. The number of aromatic nitrogens is 3. The lowest BCUT2D eigenvalue weighted by molar-refractivity contribution is -0.134. The lowest BCUT2D eigenvalue weighted by Crippen LogP contribution is -2.47. The predicted octanol–water partition coefficient (Wildman–Crippen LogP) is 1.66. The molecule has 2 aromatic rings. The van der Waals surface area contributed by atoms with Gasteiger partial charge in [-0.05, 0) is 49.1 Å². The topological polar surface area (TPSA) is 71.8 Å². The minimum absolute atomic E-state index is 0.198. The average molecular weight is 325 g/mol. The smallest absolute Gasteiger partial charge is 0.228 e. The number of nitrogens with one attached hydrogen (secondary N) is 2. The van der Waals surface area contributed by atoms with Crippen molar-refractivity contribution in [3.8, 4) is 5.82 Å². The van der Waals surface area contributed by atoms with Crippen LogP contribution < -0.4 is 10.6 Å². The van der Waals surface area contributed by atoms with Gasteiger partial charge in [0.15, 0.2) is 5.82 Å². The first-order valence-electron chi connectivity index (χ1n) is 8.72. The number of rotatable bonds is 4. The van der Waals surface area contributed by atoms with Crippen LogP contribution in [-0.2, 0) is 11.3 Å². The minimum Gasteiger partial charge on any atom is -0.351 e. The summed E-state index contributed by atoms with van der Waals surface area (Å²) in [4.78, 5) is 17.2. The minimum atomic E-state index is -0.198. The van der Waals surface area contributed by atoms with Crippen molar-refractivity contribution in [1.82, 2.24) is 25.4 Å². The fourth-order valence-electron chi connectivity index (χ4n) is 4.15. The van der Waals surface area contributed by atoms with Gasteiger partial charge in [-0.15, -0.1) is 0 Å². The standard InChI is InChI=1S/C18H23N5O/c24-17(18-6-2-1-4-15(18)12-19-13-18)21-11-14-5-8-20-16(10-14)23-9-3-7-22-23/h3,5,7-10,15,19H,1-2,4,6,11-13H2,(H,21,24)/t15-,18+/m0/s1. The zero-order valence-corrected chi connectivity index (χ0v) is 13.7. The second-order valence-electron chi connectivity index (χ2n) is 6.89. The molecule has 0 spiro atoms. The second kappa shape index (κ2) is 6.36. The van der Waals surface area contributed by atoms with E-state index in [0.717, 1.165) is 37.3 Å². The summed E-state index contributed by atoms with van der Waals surface area (Å²) < 4.78 is 1.72. The molecule has 1 aliphatic heterocycles. The molecule has 0 aromatic carbocycles. The van der Waals surface area contributed by atoms with Crippen molar-refractivity contribution in [1.29, 1.82) is 0 Å². The fourth-order valence-corrected chi connectivity index (χ4v) is 4.15. The number of nitrogens with zero attached hydrogens (tertiary/aromatic N) is 3. The van der Waals surface area contributed by atoms with Gasteiger partial charge in [0, 0.05) is 31.7 Å². The van der Waals surface area contributed by atoms with E-state index in [1.165, 1.54) is 12.8 Å². The molecule has 24 heavy (non-hydrogen) atoms. The van der Waals surface area contributed by atoms with E-state index in [4.69, 9.17) is 0 Å². The Morgan fingerprint density at radius 3 is 3.25 bits per heavy atom. The molecule has 0 bridgehead atoms. The van der Waals surface area contributed by atoms with Gasteiger partial charge in [-0.25, -0.2) is 9.67 Å². The highest BCUT2D eigenvalue weighted by atomic mass is 16.2. The van der Waals surface area contributed by atoms with Crippen molar-refractivity contribution in [2.24, 2.45) is 11.3 Å². The first-order valence-corrected chi connectivity index (χ1v) is 8.72. The summed E-state index contributed by atoms with van der Waals surface area (Å²) in [5.41, 5.74) is 0.842. The summed E-state index contributed by atoms with van der Waals surface area (Å²) in [5.74, 6) is 1.46.